The maximum atomic E-state index is 12.7. The Bertz CT molecular complexity index is 608. The average molecular weight is 354 g/mol. The minimum Gasteiger partial charge on any atom is -0.346 e. The highest BCUT2D eigenvalue weighted by Crippen LogP contribution is 2.58. The highest BCUT2D eigenvalue weighted by Gasteiger charge is 2.57. The van der Waals surface area contributed by atoms with Gasteiger partial charge in [0, 0.05) is 18.4 Å². The quantitative estimate of drug-likeness (QED) is 0.873. The summed E-state index contributed by atoms with van der Waals surface area (Å²) in [6.45, 7) is 7.25. The van der Waals surface area contributed by atoms with Crippen molar-refractivity contribution in [2.75, 3.05) is 13.1 Å². The topological polar surface area (TPSA) is 71.8 Å². The molecule has 134 valence electrons. The first-order valence-electron chi connectivity index (χ1n) is 9.05. The zero-order valence-corrected chi connectivity index (χ0v) is 15.4. The molecule has 2 N–H and O–H groups in total. The zero-order chi connectivity index (χ0) is 16.0. The number of nitrogens with zero attached hydrogens (tertiary/aromatic N) is 3. The van der Waals surface area contributed by atoms with E-state index in [1.54, 1.807) is 0 Å². The maximum Gasteiger partial charge on any atom is 0.224 e. The predicted molar refractivity (Wildman–Crippen MR) is 94.1 cm³/mol. The lowest BCUT2D eigenvalue weighted by atomic mass is 9.91. The van der Waals surface area contributed by atoms with Gasteiger partial charge in [0.05, 0.1) is 6.04 Å². The van der Waals surface area contributed by atoms with Crippen molar-refractivity contribution in [1.29, 1.82) is 0 Å². The predicted octanol–water partition coefficient (Wildman–Crippen LogP) is 2.16. The number of amides is 1. The number of halogens is 1. The molecule has 3 aliphatic rings. The number of piperidine rings is 1. The van der Waals surface area contributed by atoms with Crippen LogP contribution >= 0.6 is 12.4 Å². The van der Waals surface area contributed by atoms with E-state index in [0.29, 0.717) is 11.3 Å². The van der Waals surface area contributed by atoms with Crippen molar-refractivity contribution in [3.8, 4) is 0 Å². The van der Waals surface area contributed by atoms with E-state index in [2.05, 4.69) is 29.6 Å². The fraction of sp³-hybridized carbons (Fsp3) is 0.824. The van der Waals surface area contributed by atoms with Gasteiger partial charge < -0.3 is 10.6 Å². The van der Waals surface area contributed by atoms with E-state index in [-0.39, 0.29) is 30.3 Å². The summed E-state index contributed by atoms with van der Waals surface area (Å²) in [5.41, 5.74) is 0.292. The van der Waals surface area contributed by atoms with Gasteiger partial charge in [-0.05, 0) is 50.6 Å². The molecule has 6 nitrogen and oxygen atoms in total. The van der Waals surface area contributed by atoms with Crippen LogP contribution in [0.3, 0.4) is 0 Å². The molecular formula is C17H28ClN5O. The Kier molecular flexibility index (Phi) is 4.89. The SMILES string of the molecule is CC(C)c1nc2n(n1)CCCC2NC(=O)C1CC12CCNCC2.Cl. The molecule has 0 aromatic carbocycles. The number of carbonyl (C=O) groups is 1. The highest BCUT2D eigenvalue weighted by atomic mass is 35.5. The van der Waals surface area contributed by atoms with E-state index in [4.69, 9.17) is 4.98 Å². The third kappa shape index (κ3) is 3.06. The Morgan fingerprint density at radius 1 is 1.38 bits per heavy atom. The number of hydrogen-bond donors (Lipinski definition) is 2. The fourth-order valence-corrected chi connectivity index (χ4v) is 4.22. The smallest absolute Gasteiger partial charge is 0.224 e. The van der Waals surface area contributed by atoms with Crippen LogP contribution in [0.15, 0.2) is 0 Å². The van der Waals surface area contributed by atoms with Crippen molar-refractivity contribution in [2.45, 2.75) is 64.5 Å². The van der Waals surface area contributed by atoms with Crippen LogP contribution in [0.5, 0.6) is 0 Å². The number of aryl methyl sites for hydroxylation is 1. The maximum absolute atomic E-state index is 12.7. The first-order valence-corrected chi connectivity index (χ1v) is 9.05. The van der Waals surface area contributed by atoms with Gasteiger partial charge in [-0.3, -0.25) is 4.79 Å². The molecule has 1 aromatic rings. The molecule has 2 unspecified atom stereocenters. The molecule has 2 fully saturated rings. The Hall–Kier alpha value is -1.14. The van der Waals surface area contributed by atoms with Crippen LogP contribution in [0.2, 0.25) is 0 Å². The van der Waals surface area contributed by atoms with E-state index in [9.17, 15) is 4.79 Å². The Labute approximate surface area is 149 Å². The average Bonchev–Trinajstić information content (AvgIpc) is 3.04. The molecule has 2 aliphatic heterocycles. The lowest BCUT2D eigenvalue weighted by Gasteiger charge is -2.25. The van der Waals surface area contributed by atoms with Crippen LogP contribution in [-0.4, -0.2) is 33.8 Å². The largest absolute Gasteiger partial charge is 0.346 e. The zero-order valence-electron chi connectivity index (χ0n) is 14.5. The second-order valence-electron chi connectivity index (χ2n) is 7.78. The van der Waals surface area contributed by atoms with E-state index in [0.717, 1.165) is 63.4 Å². The monoisotopic (exact) mass is 353 g/mol. The Morgan fingerprint density at radius 2 is 2.12 bits per heavy atom. The summed E-state index contributed by atoms with van der Waals surface area (Å²) >= 11 is 0. The number of carbonyl (C=O) groups excluding carboxylic acids is 1. The minimum atomic E-state index is 0. The van der Waals surface area contributed by atoms with Gasteiger partial charge in [0.15, 0.2) is 5.82 Å². The highest BCUT2D eigenvalue weighted by molar-refractivity contribution is 5.85. The summed E-state index contributed by atoms with van der Waals surface area (Å²) in [7, 11) is 0. The molecule has 1 spiro atoms. The van der Waals surface area contributed by atoms with Gasteiger partial charge in [-0.25, -0.2) is 9.67 Å². The first kappa shape index (κ1) is 17.7. The number of fused-ring (bicyclic) bond motifs is 1. The molecule has 1 aromatic heterocycles. The standard InChI is InChI=1S/C17H27N5O.ClH/c1-11(2)14-20-15-13(4-3-9-22(15)21-14)19-16(23)12-10-17(12)5-7-18-8-6-17;/h11-13,18H,3-10H2,1-2H3,(H,19,23);1H. The molecule has 0 radical (unpaired) electrons. The van der Waals surface area contributed by atoms with Gasteiger partial charge in [-0.2, -0.15) is 5.10 Å². The van der Waals surface area contributed by atoms with Crippen molar-refractivity contribution >= 4 is 18.3 Å². The molecule has 1 saturated carbocycles. The summed E-state index contributed by atoms with van der Waals surface area (Å²) in [4.78, 5) is 17.4. The molecule has 7 heteroatoms. The minimum absolute atomic E-state index is 0. The first-order chi connectivity index (χ1) is 11.1. The molecule has 2 atom stereocenters. The second kappa shape index (κ2) is 6.64. The summed E-state index contributed by atoms with van der Waals surface area (Å²) in [6.07, 6.45) is 5.38. The summed E-state index contributed by atoms with van der Waals surface area (Å²) < 4.78 is 2.00. The van der Waals surface area contributed by atoms with Crippen LogP contribution in [0, 0.1) is 11.3 Å². The summed E-state index contributed by atoms with van der Waals surface area (Å²) in [5, 5.41) is 11.3. The lowest BCUT2D eigenvalue weighted by Crippen LogP contribution is -2.37. The van der Waals surface area contributed by atoms with Crippen LogP contribution < -0.4 is 10.6 Å². The van der Waals surface area contributed by atoms with Crippen LogP contribution in [0.4, 0.5) is 0 Å². The molecule has 1 aliphatic carbocycles. The lowest BCUT2D eigenvalue weighted by molar-refractivity contribution is -0.124. The third-order valence-corrected chi connectivity index (χ3v) is 5.83. The number of hydrogen-bond acceptors (Lipinski definition) is 4. The van der Waals surface area contributed by atoms with E-state index < -0.39 is 0 Å². The van der Waals surface area contributed by atoms with Crippen molar-refractivity contribution in [3.63, 3.8) is 0 Å². The molecule has 1 saturated heterocycles. The molecule has 24 heavy (non-hydrogen) atoms. The van der Waals surface area contributed by atoms with Crippen LogP contribution in [-0.2, 0) is 11.3 Å². The fourth-order valence-electron chi connectivity index (χ4n) is 4.22. The van der Waals surface area contributed by atoms with Gasteiger partial charge in [0.1, 0.15) is 5.82 Å². The number of rotatable bonds is 3. The molecule has 4 rings (SSSR count). The normalized spacial score (nSPS) is 27.5. The van der Waals surface area contributed by atoms with Gasteiger partial charge in [-0.15, -0.1) is 12.4 Å². The van der Waals surface area contributed by atoms with Crippen molar-refractivity contribution in [2.24, 2.45) is 11.3 Å². The van der Waals surface area contributed by atoms with E-state index >= 15 is 0 Å². The van der Waals surface area contributed by atoms with Gasteiger partial charge in [0.2, 0.25) is 5.91 Å². The van der Waals surface area contributed by atoms with E-state index in [1.165, 1.54) is 0 Å². The van der Waals surface area contributed by atoms with Crippen LogP contribution in [0.1, 0.15) is 69.6 Å². The van der Waals surface area contributed by atoms with Crippen molar-refractivity contribution in [3.05, 3.63) is 11.6 Å². The van der Waals surface area contributed by atoms with Gasteiger partial charge in [-0.1, -0.05) is 13.8 Å². The Balaban J connectivity index is 0.00000169. The summed E-state index contributed by atoms with van der Waals surface area (Å²) in [5.74, 6) is 2.62. The third-order valence-electron chi connectivity index (χ3n) is 5.83. The molecular weight excluding hydrogens is 326 g/mol. The van der Waals surface area contributed by atoms with Gasteiger partial charge >= 0.3 is 0 Å². The molecule has 3 heterocycles. The second-order valence-corrected chi connectivity index (χ2v) is 7.78. The van der Waals surface area contributed by atoms with Crippen molar-refractivity contribution < 1.29 is 4.79 Å². The Morgan fingerprint density at radius 3 is 2.83 bits per heavy atom. The van der Waals surface area contributed by atoms with Crippen molar-refractivity contribution in [1.82, 2.24) is 25.4 Å². The van der Waals surface area contributed by atoms with Crippen LogP contribution in [0.25, 0.3) is 0 Å². The molecule has 1 amide bonds. The van der Waals surface area contributed by atoms with Gasteiger partial charge in [0.25, 0.3) is 0 Å². The number of nitrogens with one attached hydrogen (secondary N) is 2. The summed E-state index contributed by atoms with van der Waals surface area (Å²) in [6, 6.07) is 0.0376. The van der Waals surface area contributed by atoms with E-state index in [1.807, 2.05) is 4.68 Å². The number of aromatic nitrogens is 3. The molecule has 0 bridgehead atoms.